The van der Waals surface area contributed by atoms with Crippen LogP contribution in [-0.4, -0.2) is 9.97 Å². The Kier molecular flexibility index (Phi) is 3.29. The van der Waals surface area contributed by atoms with E-state index in [4.69, 9.17) is 16.3 Å². The summed E-state index contributed by atoms with van der Waals surface area (Å²) in [5.74, 6) is 0.365. The van der Waals surface area contributed by atoms with Gasteiger partial charge < -0.3 is 4.74 Å². The molecule has 1 aromatic heterocycles. The van der Waals surface area contributed by atoms with Crippen molar-refractivity contribution in [2.45, 2.75) is 6.61 Å². The molecule has 0 bridgehead atoms. The zero-order valence-corrected chi connectivity index (χ0v) is 10.8. The van der Waals surface area contributed by atoms with Gasteiger partial charge in [0.15, 0.2) is 5.15 Å². The quantitative estimate of drug-likeness (QED) is 0.725. The fourth-order valence-corrected chi connectivity index (χ4v) is 1.97. The summed E-state index contributed by atoms with van der Waals surface area (Å²) >= 11 is 6.07. The number of hydrogen-bond acceptors (Lipinski definition) is 3. The Hall–Kier alpha value is -2.13. The van der Waals surface area contributed by atoms with Crippen molar-refractivity contribution < 1.29 is 4.74 Å². The Balaban J connectivity index is 1.86. The average Bonchev–Trinajstić information content (AvgIpc) is 2.46. The number of hydrogen-bond donors (Lipinski definition) is 0. The highest BCUT2D eigenvalue weighted by Crippen LogP contribution is 2.23. The number of aromatic nitrogens is 2. The monoisotopic (exact) mass is 270 g/mol. The molecule has 1 heterocycles. The lowest BCUT2D eigenvalue weighted by molar-refractivity contribution is 0.294. The van der Waals surface area contributed by atoms with Gasteiger partial charge in [-0.25, -0.2) is 9.97 Å². The summed E-state index contributed by atoms with van der Waals surface area (Å²) in [7, 11) is 0. The van der Waals surface area contributed by atoms with Crippen molar-refractivity contribution in [1.82, 2.24) is 9.97 Å². The molecule has 19 heavy (non-hydrogen) atoms. The van der Waals surface area contributed by atoms with Crippen LogP contribution in [0.4, 0.5) is 0 Å². The van der Waals surface area contributed by atoms with Crippen molar-refractivity contribution in [3.8, 4) is 5.88 Å². The molecule has 0 saturated heterocycles. The maximum atomic E-state index is 6.07. The second kappa shape index (κ2) is 5.24. The summed E-state index contributed by atoms with van der Waals surface area (Å²) in [6, 6.07) is 17.4. The Morgan fingerprint density at radius 1 is 0.842 bits per heavy atom. The standard InChI is InChI=1S/C15H11ClN2O/c16-14-15(19-10-11-6-2-1-3-7-11)18-13-9-5-4-8-12(13)17-14/h1-9H,10H2. The van der Waals surface area contributed by atoms with Gasteiger partial charge >= 0.3 is 0 Å². The van der Waals surface area contributed by atoms with Gasteiger partial charge in [-0.15, -0.1) is 0 Å². The molecule has 3 nitrogen and oxygen atoms in total. The van der Waals surface area contributed by atoms with E-state index < -0.39 is 0 Å². The first kappa shape index (κ1) is 11.9. The number of benzene rings is 2. The van der Waals surface area contributed by atoms with E-state index in [1.165, 1.54) is 0 Å². The molecular weight excluding hydrogens is 260 g/mol. The van der Waals surface area contributed by atoms with E-state index in [0.29, 0.717) is 12.5 Å². The van der Waals surface area contributed by atoms with Crippen LogP contribution in [0.1, 0.15) is 5.56 Å². The lowest BCUT2D eigenvalue weighted by atomic mass is 10.2. The molecule has 0 radical (unpaired) electrons. The zero-order chi connectivity index (χ0) is 13.1. The van der Waals surface area contributed by atoms with Crippen LogP contribution in [0.3, 0.4) is 0 Å². The maximum absolute atomic E-state index is 6.07. The van der Waals surface area contributed by atoms with E-state index in [0.717, 1.165) is 16.6 Å². The second-order valence-corrected chi connectivity index (χ2v) is 4.44. The molecule has 0 unspecified atom stereocenters. The van der Waals surface area contributed by atoms with Gasteiger partial charge in [-0.05, 0) is 17.7 Å². The second-order valence-electron chi connectivity index (χ2n) is 4.08. The van der Waals surface area contributed by atoms with Gasteiger partial charge in [-0.2, -0.15) is 0 Å². The normalized spacial score (nSPS) is 10.6. The topological polar surface area (TPSA) is 35.0 Å². The predicted molar refractivity (Wildman–Crippen MR) is 75.3 cm³/mol. The van der Waals surface area contributed by atoms with Gasteiger partial charge in [0.2, 0.25) is 0 Å². The first-order chi connectivity index (χ1) is 9.33. The summed E-state index contributed by atoms with van der Waals surface area (Å²) in [5, 5.41) is 0.287. The smallest absolute Gasteiger partial charge is 0.253 e. The molecule has 0 fully saturated rings. The van der Waals surface area contributed by atoms with Crippen LogP contribution in [0.5, 0.6) is 5.88 Å². The Labute approximate surface area is 115 Å². The number of ether oxygens (including phenoxy) is 1. The minimum Gasteiger partial charge on any atom is -0.471 e. The minimum atomic E-state index is 0.287. The van der Waals surface area contributed by atoms with Gasteiger partial charge in [0.25, 0.3) is 5.88 Å². The maximum Gasteiger partial charge on any atom is 0.253 e. The molecule has 94 valence electrons. The fourth-order valence-electron chi connectivity index (χ4n) is 1.78. The van der Waals surface area contributed by atoms with E-state index in [1.807, 2.05) is 54.6 Å². The fraction of sp³-hybridized carbons (Fsp3) is 0.0667. The highest BCUT2D eigenvalue weighted by atomic mass is 35.5. The van der Waals surface area contributed by atoms with Gasteiger partial charge in [0, 0.05) is 0 Å². The number of para-hydroxylation sites is 2. The average molecular weight is 271 g/mol. The van der Waals surface area contributed by atoms with E-state index >= 15 is 0 Å². The van der Waals surface area contributed by atoms with Crippen LogP contribution in [-0.2, 0) is 6.61 Å². The van der Waals surface area contributed by atoms with Crippen molar-refractivity contribution >= 4 is 22.6 Å². The van der Waals surface area contributed by atoms with Crippen LogP contribution in [0.15, 0.2) is 54.6 Å². The SMILES string of the molecule is Clc1nc2ccccc2nc1OCc1ccccc1. The van der Waals surface area contributed by atoms with Crippen LogP contribution < -0.4 is 4.74 Å². The molecule has 4 heteroatoms. The number of rotatable bonds is 3. The van der Waals surface area contributed by atoms with Crippen molar-refractivity contribution in [2.75, 3.05) is 0 Å². The molecule has 0 aliphatic rings. The third-order valence-electron chi connectivity index (χ3n) is 2.72. The Morgan fingerprint density at radius 3 is 2.21 bits per heavy atom. The lowest BCUT2D eigenvalue weighted by Crippen LogP contribution is -1.99. The number of halogens is 1. The van der Waals surface area contributed by atoms with Gasteiger partial charge in [-0.1, -0.05) is 54.1 Å². The highest BCUT2D eigenvalue weighted by molar-refractivity contribution is 6.31. The van der Waals surface area contributed by atoms with Gasteiger partial charge in [0.1, 0.15) is 6.61 Å². The van der Waals surface area contributed by atoms with E-state index in [-0.39, 0.29) is 5.15 Å². The van der Waals surface area contributed by atoms with Crippen molar-refractivity contribution in [2.24, 2.45) is 0 Å². The van der Waals surface area contributed by atoms with Crippen molar-refractivity contribution in [3.05, 3.63) is 65.3 Å². The molecule has 0 atom stereocenters. The largest absolute Gasteiger partial charge is 0.471 e. The zero-order valence-electron chi connectivity index (χ0n) is 10.1. The Morgan fingerprint density at radius 2 is 1.47 bits per heavy atom. The molecule has 3 rings (SSSR count). The predicted octanol–water partition coefficient (Wildman–Crippen LogP) is 3.86. The van der Waals surface area contributed by atoms with Crippen LogP contribution in [0.2, 0.25) is 5.15 Å². The van der Waals surface area contributed by atoms with Crippen molar-refractivity contribution in [3.63, 3.8) is 0 Å². The molecule has 0 amide bonds. The minimum absolute atomic E-state index is 0.287. The molecule has 0 spiro atoms. The molecule has 0 N–H and O–H groups in total. The molecule has 3 aromatic rings. The molecule has 0 aliphatic heterocycles. The summed E-state index contributed by atoms with van der Waals surface area (Å²) in [6.45, 7) is 0.424. The molecular formula is C15H11ClN2O. The first-order valence-corrected chi connectivity index (χ1v) is 6.30. The first-order valence-electron chi connectivity index (χ1n) is 5.92. The number of fused-ring (bicyclic) bond motifs is 1. The van der Waals surface area contributed by atoms with Gasteiger partial charge in [-0.3, -0.25) is 0 Å². The van der Waals surface area contributed by atoms with Gasteiger partial charge in [0.05, 0.1) is 11.0 Å². The summed E-state index contributed by atoms with van der Waals surface area (Å²) in [4.78, 5) is 8.64. The summed E-state index contributed by atoms with van der Waals surface area (Å²) in [6.07, 6.45) is 0. The van der Waals surface area contributed by atoms with E-state index in [1.54, 1.807) is 0 Å². The highest BCUT2D eigenvalue weighted by Gasteiger charge is 2.07. The van der Waals surface area contributed by atoms with E-state index in [2.05, 4.69) is 9.97 Å². The lowest BCUT2D eigenvalue weighted by Gasteiger charge is -2.07. The summed E-state index contributed by atoms with van der Waals surface area (Å²) in [5.41, 5.74) is 2.60. The summed E-state index contributed by atoms with van der Waals surface area (Å²) < 4.78 is 5.63. The van der Waals surface area contributed by atoms with E-state index in [9.17, 15) is 0 Å². The van der Waals surface area contributed by atoms with Crippen molar-refractivity contribution in [1.29, 1.82) is 0 Å². The molecule has 0 aliphatic carbocycles. The Bertz CT molecular complexity index is 701. The number of nitrogens with zero attached hydrogens (tertiary/aromatic N) is 2. The van der Waals surface area contributed by atoms with Crippen LogP contribution in [0.25, 0.3) is 11.0 Å². The molecule has 2 aromatic carbocycles. The third kappa shape index (κ3) is 2.66. The molecule has 0 saturated carbocycles. The third-order valence-corrected chi connectivity index (χ3v) is 2.96. The van der Waals surface area contributed by atoms with Crippen LogP contribution in [0, 0.1) is 0 Å². The van der Waals surface area contributed by atoms with Crippen LogP contribution >= 0.6 is 11.6 Å².